The van der Waals surface area contributed by atoms with Crippen LogP contribution in [-0.4, -0.2) is 0 Å². The molecule has 0 heterocycles. The number of halogens is 2. The Kier molecular flexibility index (Phi) is 8.19. The monoisotopic (exact) mass is 453 g/mol. The normalized spacial score (nSPS) is 9.11. The van der Waals surface area contributed by atoms with Crippen molar-refractivity contribution < 1.29 is 60.2 Å². The fourth-order valence-electron chi connectivity index (χ4n) is 2.25. The maximum Gasteiger partial charge on any atom is 3.00 e. The third kappa shape index (κ3) is 3.93. The smallest absolute Gasteiger partial charge is 1.00 e. The molecular weight excluding hydrogens is 443 g/mol. The minimum atomic E-state index is 0. The van der Waals surface area contributed by atoms with Crippen molar-refractivity contribution in [3.8, 4) is 11.1 Å². The fourth-order valence-corrected chi connectivity index (χ4v) is 2.25. The van der Waals surface area contributed by atoms with Crippen molar-refractivity contribution in [1.82, 2.24) is 0 Å². The Balaban J connectivity index is 0.00000108. The Hall–Kier alpha value is -0.107. The fraction of sp³-hybridized carbons (Fsp3) is 0.0625. The summed E-state index contributed by atoms with van der Waals surface area (Å²) in [5, 5.41) is 2.69. The second-order valence-electron chi connectivity index (χ2n) is 4.21. The van der Waals surface area contributed by atoms with Gasteiger partial charge in [-0.1, -0.05) is 48.9 Å². The van der Waals surface area contributed by atoms with Gasteiger partial charge in [0.2, 0.25) is 0 Å². The van der Waals surface area contributed by atoms with Gasteiger partial charge in [0.05, 0.1) is 0 Å². The van der Waals surface area contributed by atoms with E-state index in [0.717, 1.165) is 0 Å². The van der Waals surface area contributed by atoms with Crippen LogP contribution < -0.4 is 34.0 Å². The van der Waals surface area contributed by atoms with Crippen LogP contribution in [0.3, 0.4) is 0 Å². The van der Waals surface area contributed by atoms with Crippen LogP contribution in [0.4, 0.5) is 0 Å². The van der Waals surface area contributed by atoms with Crippen molar-refractivity contribution in [3.63, 3.8) is 0 Å². The average Bonchev–Trinajstić information content (AvgIpc) is 2.70. The zero-order chi connectivity index (χ0) is 11.0. The summed E-state index contributed by atoms with van der Waals surface area (Å²) in [7, 11) is 0. The predicted molar refractivity (Wildman–Crippen MR) is 69.7 cm³/mol. The van der Waals surface area contributed by atoms with Gasteiger partial charge in [0.15, 0.2) is 0 Å². The third-order valence-electron chi connectivity index (χ3n) is 2.98. The summed E-state index contributed by atoms with van der Waals surface area (Å²) < 4.78 is 0. The molecular formula is C16H13Br2Zr. The Morgan fingerprint density at radius 3 is 2.21 bits per heavy atom. The molecule has 0 aromatic heterocycles. The Morgan fingerprint density at radius 1 is 0.842 bits per heavy atom. The molecule has 19 heavy (non-hydrogen) atoms. The van der Waals surface area contributed by atoms with Gasteiger partial charge in [-0.05, 0) is 5.56 Å². The van der Waals surface area contributed by atoms with Gasteiger partial charge in [0.25, 0.3) is 0 Å². The van der Waals surface area contributed by atoms with E-state index in [4.69, 9.17) is 0 Å². The van der Waals surface area contributed by atoms with E-state index in [1.165, 1.54) is 27.5 Å². The minimum absolute atomic E-state index is 0. The summed E-state index contributed by atoms with van der Waals surface area (Å²) >= 11 is 0. The molecule has 0 bridgehead atoms. The molecule has 1 radical (unpaired) electrons. The van der Waals surface area contributed by atoms with Crippen LogP contribution in [0.5, 0.6) is 0 Å². The van der Waals surface area contributed by atoms with Crippen molar-refractivity contribution in [2.24, 2.45) is 0 Å². The van der Waals surface area contributed by atoms with Gasteiger partial charge >= 0.3 is 26.2 Å². The van der Waals surface area contributed by atoms with Gasteiger partial charge in [-0.15, -0.1) is 34.5 Å². The standard InChI is InChI=1S/C16H13.2BrH.Zr/c1-12-10-14-8-5-9-15(16(14)11-12)13-6-3-2-4-7-13;;;/h2-11H,1H3;2*1H;/q-1;;;+3/p-2. The van der Waals surface area contributed by atoms with Crippen LogP contribution in [0, 0.1) is 6.92 Å². The van der Waals surface area contributed by atoms with E-state index < -0.39 is 0 Å². The molecule has 3 aromatic rings. The van der Waals surface area contributed by atoms with Gasteiger partial charge in [0, 0.05) is 0 Å². The second kappa shape index (κ2) is 8.24. The molecule has 0 saturated carbocycles. The van der Waals surface area contributed by atoms with Crippen LogP contribution in [0.2, 0.25) is 0 Å². The maximum atomic E-state index is 2.26. The maximum absolute atomic E-state index is 2.26. The van der Waals surface area contributed by atoms with E-state index in [-0.39, 0.29) is 60.2 Å². The summed E-state index contributed by atoms with van der Waals surface area (Å²) in [6, 6.07) is 21.6. The first kappa shape index (κ1) is 18.9. The molecule has 3 rings (SSSR count). The molecule has 95 valence electrons. The van der Waals surface area contributed by atoms with Crippen molar-refractivity contribution in [3.05, 3.63) is 66.2 Å². The second-order valence-corrected chi connectivity index (χ2v) is 4.21. The zero-order valence-electron chi connectivity index (χ0n) is 10.5. The molecule has 0 spiro atoms. The third-order valence-corrected chi connectivity index (χ3v) is 2.98. The van der Waals surface area contributed by atoms with Crippen LogP contribution in [0.1, 0.15) is 5.56 Å². The number of hydrogen-bond acceptors (Lipinski definition) is 0. The molecule has 0 aliphatic heterocycles. The molecule has 0 aliphatic rings. The number of hydrogen-bond donors (Lipinski definition) is 0. The van der Waals surface area contributed by atoms with E-state index >= 15 is 0 Å². The number of benzene rings is 2. The largest absolute Gasteiger partial charge is 3.00 e. The first-order valence-electron chi connectivity index (χ1n) is 5.56. The Bertz CT molecular complexity index is 630. The predicted octanol–water partition coefficient (Wildman–Crippen LogP) is -1.46. The van der Waals surface area contributed by atoms with E-state index in [0.29, 0.717) is 0 Å². The summed E-state index contributed by atoms with van der Waals surface area (Å²) in [6.45, 7) is 2.15. The summed E-state index contributed by atoms with van der Waals surface area (Å²) in [4.78, 5) is 0. The average molecular weight is 456 g/mol. The first-order chi connectivity index (χ1) is 7.84. The van der Waals surface area contributed by atoms with E-state index in [9.17, 15) is 0 Å². The quantitative estimate of drug-likeness (QED) is 0.393. The molecule has 0 nitrogen and oxygen atoms in total. The Labute approximate surface area is 154 Å². The summed E-state index contributed by atoms with van der Waals surface area (Å²) in [6.07, 6.45) is 0. The Morgan fingerprint density at radius 2 is 1.53 bits per heavy atom. The van der Waals surface area contributed by atoms with E-state index in [2.05, 4.69) is 67.6 Å². The molecule has 0 atom stereocenters. The molecule has 3 aromatic carbocycles. The molecule has 0 unspecified atom stereocenters. The van der Waals surface area contributed by atoms with Gasteiger partial charge in [-0.25, -0.2) is 0 Å². The van der Waals surface area contributed by atoms with Crippen molar-refractivity contribution in [2.45, 2.75) is 6.92 Å². The summed E-state index contributed by atoms with van der Waals surface area (Å²) in [5.74, 6) is 0. The topological polar surface area (TPSA) is 0 Å². The first-order valence-corrected chi connectivity index (χ1v) is 5.56. The van der Waals surface area contributed by atoms with Gasteiger partial charge in [-0.3, -0.25) is 0 Å². The molecule has 0 saturated heterocycles. The molecule has 0 N–H and O–H groups in total. The van der Waals surface area contributed by atoms with Gasteiger partial charge in [0.1, 0.15) is 0 Å². The molecule has 0 amide bonds. The van der Waals surface area contributed by atoms with Crippen molar-refractivity contribution >= 4 is 10.8 Å². The van der Waals surface area contributed by atoms with Crippen molar-refractivity contribution in [2.75, 3.05) is 0 Å². The number of fused-ring (bicyclic) bond motifs is 1. The van der Waals surface area contributed by atoms with E-state index in [1.807, 2.05) is 0 Å². The number of aryl methyl sites for hydroxylation is 1. The van der Waals surface area contributed by atoms with Crippen molar-refractivity contribution in [1.29, 1.82) is 0 Å². The molecule has 3 heteroatoms. The zero-order valence-corrected chi connectivity index (χ0v) is 16.2. The summed E-state index contributed by atoms with van der Waals surface area (Å²) in [5.41, 5.74) is 3.95. The molecule has 0 fully saturated rings. The SMILES string of the molecule is Cc1cc2c(-c3ccccc3)cccc2[cH-]1.[Br-].[Br-].[Zr+3]. The van der Waals surface area contributed by atoms with Crippen LogP contribution in [-0.2, 0) is 26.2 Å². The minimum Gasteiger partial charge on any atom is -1.00 e. The van der Waals surface area contributed by atoms with Crippen LogP contribution in [0.25, 0.3) is 21.9 Å². The van der Waals surface area contributed by atoms with E-state index in [1.54, 1.807) is 0 Å². The number of rotatable bonds is 1. The van der Waals surface area contributed by atoms with Gasteiger partial charge in [-0.2, -0.15) is 6.07 Å². The molecule has 0 aliphatic carbocycles. The van der Waals surface area contributed by atoms with Crippen LogP contribution in [0.15, 0.2) is 60.7 Å². The van der Waals surface area contributed by atoms with Gasteiger partial charge < -0.3 is 34.0 Å². The van der Waals surface area contributed by atoms with Crippen LogP contribution >= 0.6 is 0 Å².